The number of likely N-dealkylation sites (tertiary alicyclic amines) is 1. The number of carbonyl (C=O) groups is 1. The first kappa shape index (κ1) is 16.5. The lowest BCUT2D eigenvalue weighted by Crippen LogP contribution is -2.30. The van der Waals surface area contributed by atoms with Crippen molar-refractivity contribution in [2.45, 2.75) is 38.6 Å². The molecule has 7 nitrogen and oxygen atoms in total. The van der Waals surface area contributed by atoms with Gasteiger partial charge in [0.05, 0.1) is 11.7 Å². The lowest BCUT2D eigenvalue weighted by atomic mass is 10.1. The molecule has 1 saturated heterocycles. The predicted octanol–water partition coefficient (Wildman–Crippen LogP) is 3.33. The van der Waals surface area contributed by atoms with Gasteiger partial charge in [-0.15, -0.1) is 0 Å². The van der Waals surface area contributed by atoms with E-state index >= 15 is 0 Å². The molecular weight excluding hydrogens is 332 g/mol. The van der Waals surface area contributed by atoms with Gasteiger partial charge in [-0.05, 0) is 19.8 Å². The van der Waals surface area contributed by atoms with Crippen LogP contribution in [-0.4, -0.2) is 32.6 Å². The number of nitrogens with zero attached hydrogens (tertiary/aromatic N) is 4. The van der Waals surface area contributed by atoms with Gasteiger partial charge in [-0.1, -0.05) is 40.6 Å². The number of hydrogen-bond donors (Lipinski definition) is 0. The van der Waals surface area contributed by atoms with E-state index in [0.717, 1.165) is 36.4 Å². The van der Waals surface area contributed by atoms with Gasteiger partial charge in [0.15, 0.2) is 5.76 Å². The number of carbonyl (C=O) groups excluding carboxylic acids is 1. The molecule has 1 aromatic carbocycles. The number of rotatable bonds is 5. The topological polar surface area (TPSA) is 85.3 Å². The molecule has 1 unspecified atom stereocenters. The molecule has 0 radical (unpaired) electrons. The second-order valence-corrected chi connectivity index (χ2v) is 6.49. The summed E-state index contributed by atoms with van der Waals surface area (Å²) < 4.78 is 10.6. The third kappa shape index (κ3) is 3.37. The highest BCUT2D eigenvalue weighted by molar-refractivity contribution is 5.77. The summed E-state index contributed by atoms with van der Waals surface area (Å²) in [6.07, 6.45) is 2.63. The normalized spacial score (nSPS) is 17.0. The Morgan fingerprint density at radius 1 is 1.23 bits per heavy atom. The van der Waals surface area contributed by atoms with Gasteiger partial charge in [-0.25, -0.2) is 0 Å². The fourth-order valence-electron chi connectivity index (χ4n) is 3.32. The minimum Gasteiger partial charge on any atom is -0.359 e. The monoisotopic (exact) mass is 352 g/mol. The lowest BCUT2D eigenvalue weighted by molar-refractivity contribution is -0.132. The average Bonchev–Trinajstić information content (AvgIpc) is 3.40. The standard InChI is InChI=1S/C19H20N4O3/c1-13-12-16(25-21-13)15-8-5-11-23(15)18(24)10-9-17-20-19(22-26-17)14-6-3-2-4-7-14/h2-4,6-7,12,15H,5,8-11H2,1H3. The third-order valence-electron chi connectivity index (χ3n) is 4.60. The number of aromatic nitrogens is 3. The molecule has 1 aliphatic heterocycles. The van der Waals surface area contributed by atoms with Crippen LogP contribution in [0.25, 0.3) is 11.4 Å². The molecular formula is C19H20N4O3. The summed E-state index contributed by atoms with van der Waals surface area (Å²) in [5, 5.41) is 7.93. The summed E-state index contributed by atoms with van der Waals surface area (Å²) in [6, 6.07) is 11.5. The minimum atomic E-state index is -0.0220. The number of aryl methyl sites for hydroxylation is 2. The molecule has 1 aliphatic rings. The number of benzene rings is 1. The highest BCUT2D eigenvalue weighted by atomic mass is 16.5. The van der Waals surface area contributed by atoms with E-state index in [4.69, 9.17) is 9.05 Å². The summed E-state index contributed by atoms with van der Waals surface area (Å²) in [6.45, 7) is 2.62. The van der Waals surface area contributed by atoms with Crippen molar-refractivity contribution in [2.24, 2.45) is 0 Å². The molecule has 0 spiro atoms. The van der Waals surface area contributed by atoms with Crippen molar-refractivity contribution in [3.05, 3.63) is 53.7 Å². The predicted molar refractivity (Wildman–Crippen MR) is 93.0 cm³/mol. The van der Waals surface area contributed by atoms with Gasteiger partial charge in [0.2, 0.25) is 17.6 Å². The van der Waals surface area contributed by atoms with E-state index in [-0.39, 0.29) is 11.9 Å². The van der Waals surface area contributed by atoms with E-state index in [9.17, 15) is 4.79 Å². The Bertz CT molecular complexity index is 887. The molecule has 0 aliphatic carbocycles. The van der Waals surface area contributed by atoms with Gasteiger partial charge >= 0.3 is 0 Å². The van der Waals surface area contributed by atoms with Crippen molar-refractivity contribution in [2.75, 3.05) is 6.54 Å². The number of hydrogen-bond acceptors (Lipinski definition) is 6. The van der Waals surface area contributed by atoms with Crippen molar-refractivity contribution < 1.29 is 13.8 Å². The van der Waals surface area contributed by atoms with Gasteiger partial charge in [0, 0.05) is 31.0 Å². The zero-order valence-electron chi connectivity index (χ0n) is 14.6. The van der Waals surface area contributed by atoms with Crippen molar-refractivity contribution in [1.29, 1.82) is 0 Å². The summed E-state index contributed by atoms with van der Waals surface area (Å²) in [4.78, 5) is 18.9. The first-order valence-corrected chi connectivity index (χ1v) is 8.81. The van der Waals surface area contributed by atoms with Crippen molar-refractivity contribution >= 4 is 5.91 Å². The molecule has 4 rings (SSSR count). The Kier molecular flexibility index (Phi) is 4.51. The second-order valence-electron chi connectivity index (χ2n) is 6.49. The van der Waals surface area contributed by atoms with Crippen LogP contribution >= 0.6 is 0 Å². The van der Waals surface area contributed by atoms with Gasteiger partial charge in [0.25, 0.3) is 0 Å². The highest BCUT2D eigenvalue weighted by Crippen LogP contribution is 2.32. The Labute approximate surface area is 151 Å². The van der Waals surface area contributed by atoms with Gasteiger partial charge in [0.1, 0.15) is 0 Å². The van der Waals surface area contributed by atoms with Gasteiger partial charge in [-0.2, -0.15) is 4.98 Å². The van der Waals surface area contributed by atoms with Gasteiger partial charge < -0.3 is 13.9 Å². The first-order valence-electron chi connectivity index (χ1n) is 8.81. The largest absolute Gasteiger partial charge is 0.359 e. The molecule has 0 saturated carbocycles. The van der Waals surface area contributed by atoms with Crippen LogP contribution < -0.4 is 0 Å². The van der Waals surface area contributed by atoms with E-state index in [2.05, 4.69) is 15.3 Å². The molecule has 3 heterocycles. The SMILES string of the molecule is Cc1cc(C2CCCN2C(=O)CCc2nc(-c3ccccc3)no2)on1. The Morgan fingerprint density at radius 3 is 2.85 bits per heavy atom. The van der Waals surface area contributed by atoms with Crippen LogP contribution in [0.3, 0.4) is 0 Å². The third-order valence-corrected chi connectivity index (χ3v) is 4.60. The summed E-state index contributed by atoms with van der Waals surface area (Å²) >= 11 is 0. The molecule has 0 N–H and O–H groups in total. The minimum absolute atomic E-state index is 0.0220. The van der Waals surface area contributed by atoms with Crippen LogP contribution in [0.4, 0.5) is 0 Å². The summed E-state index contributed by atoms with van der Waals surface area (Å²) in [5.74, 6) is 1.85. The number of amides is 1. The van der Waals surface area contributed by atoms with Crippen LogP contribution in [0, 0.1) is 6.92 Å². The van der Waals surface area contributed by atoms with E-state index in [1.54, 1.807) is 0 Å². The van der Waals surface area contributed by atoms with E-state index in [1.165, 1.54) is 0 Å². The molecule has 1 atom stereocenters. The van der Waals surface area contributed by atoms with Crippen LogP contribution in [0.2, 0.25) is 0 Å². The van der Waals surface area contributed by atoms with Crippen LogP contribution in [0.15, 0.2) is 45.4 Å². The molecule has 0 bridgehead atoms. The fourth-order valence-corrected chi connectivity index (χ4v) is 3.32. The van der Waals surface area contributed by atoms with E-state index in [1.807, 2.05) is 48.2 Å². The van der Waals surface area contributed by atoms with E-state index in [0.29, 0.717) is 24.6 Å². The van der Waals surface area contributed by atoms with Crippen molar-refractivity contribution in [1.82, 2.24) is 20.2 Å². The quantitative estimate of drug-likeness (QED) is 0.700. The molecule has 1 fully saturated rings. The molecule has 1 amide bonds. The zero-order chi connectivity index (χ0) is 17.9. The average molecular weight is 352 g/mol. The zero-order valence-corrected chi connectivity index (χ0v) is 14.6. The summed E-state index contributed by atoms with van der Waals surface area (Å²) in [5.41, 5.74) is 1.73. The maximum absolute atomic E-state index is 12.7. The Balaban J connectivity index is 1.39. The maximum Gasteiger partial charge on any atom is 0.227 e. The lowest BCUT2D eigenvalue weighted by Gasteiger charge is -2.22. The molecule has 2 aromatic heterocycles. The second kappa shape index (κ2) is 7.11. The van der Waals surface area contributed by atoms with Gasteiger partial charge in [-0.3, -0.25) is 4.79 Å². The highest BCUT2D eigenvalue weighted by Gasteiger charge is 2.32. The van der Waals surface area contributed by atoms with Crippen LogP contribution in [0.5, 0.6) is 0 Å². The summed E-state index contributed by atoms with van der Waals surface area (Å²) in [7, 11) is 0. The Morgan fingerprint density at radius 2 is 2.08 bits per heavy atom. The van der Waals surface area contributed by atoms with Crippen molar-refractivity contribution in [3.63, 3.8) is 0 Å². The first-order chi connectivity index (χ1) is 12.7. The van der Waals surface area contributed by atoms with Crippen LogP contribution in [0.1, 0.15) is 42.6 Å². The van der Waals surface area contributed by atoms with Crippen LogP contribution in [-0.2, 0) is 11.2 Å². The molecule has 134 valence electrons. The maximum atomic E-state index is 12.7. The molecule has 3 aromatic rings. The van der Waals surface area contributed by atoms with E-state index < -0.39 is 0 Å². The Hall–Kier alpha value is -2.96. The molecule has 7 heteroatoms. The fraction of sp³-hybridized carbons (Fsp3) is 0.368. The van der Waals surface area contributed by atoms with Crippen molar-refractivity contribution in [3.8, 4) is 11.4 Å². The molecule has 26 heavy (non-hydrogen) atoms. The smallest absolute Gasteiger partial charge is 0.227 e.